The number of carbonyl (C=O) groups excluding carboxylic acids is 1. The Bertz CT molecular complexity index is 464. The lowest BCUT2D eigenvalue weighted by Crippen LogP contribution is -2.40. The first-order chi connectivity index (χ1) is 9.43. The van der Waals surface area contributed by atoms with Crippen molar-refractivity contribution in [2.24, 2.45) is 0 Å². The largest absolute Gasteiger partial charge is 0.480 e. The van der Waals surface area contributed by atoms with E-state index in [1.807, 2.05) is 0 Å². The highest BCUT2D eigenvalue weighted by molar-refractivity contribution is 7.98. The van der Waals surface area contributed by atoms with Crippen molar-refractivity contribution in [1.29, 1.82) is 0 Å². The number of alkyl halides is 2. The molecule has 1 aromatic rings. The van der Waals surface area contributed by atoms with Gasteiger partial charge in [0.15, 0.2) is 5.76 Å². The Morgan fingerprint density at radius 1 is 1.45 bits per heavy atom. The molecule has 0 aliphatic carbocycles. The second kappa shape index (κ2) is 7.88. The van der Waals surface area contributed by atoms with Crippen LogP contribution in [-0.4, -0.2) is 28.8 Å². The van der Waals surface area contributed by atoms with Crippen LogP contribution in [-0.2, 0) is 10.5 Å². The maximum Gasteiger partial charge on any atom is 0.326 e. The van der Waals surface area contributed by atoms with Crippen molar-refractivity contribution in [3.05, 3.63) is 23.7 Å². The summed E-state index contributed by atoms with van der Waals surface area (Å²) in [5, 5.41) is 11.2. The molecule has 5 nitrogen and oxygen atoms in total. The Labute approximate surface area is 118 Å². The Morgan fingerprint density at radius 3 is 2.70 bits per heavy atom. The van der Waals surface area contributed by atoms with Crippen LogP contribution in [0.2, 0.25) is 0 Å². The number of amides is 1. The van der Waals surface area contributed by atoms with Crippen molar-refractivity contribution in [3.8, 4) is 0 Å². The lowest BCUT2D eigenvalue weighted by molar-refractivity contribution is -0.139. The van der Waals surface area contributed by atoms with E-state index >= 15 is 0 Å². The minimum absolute atomic E-state index is 0.0533. The highest BCUT2D eigenvalue weighted by Gasteiger charge is 2.21. The Balaban J connectivity index is 2.60. The van der Waals surface area contributed by atoms with Gasteiger partial charge in [-0.05, 0) is 18.6 Å². The summed E-state index contributed by atoms with van der Waals surface area (Å²) in [5.41, 5.74) is 0. The molecular weight excluding hydrogens is 292 g/mol. The van der Waals surface area contributed by atoms with Gasteiger partial charge in [-0.25, -0.2) is 4.79 Å². The van der Waals surface area contributed by atoms with Gasteiger partial charge in [0, 0.05) is 0 Å². The molecule has 1 unspecified atom stereocenters. The van der Waals surface area contributed by atoms with E-state index in [4.69, 9.17) is 9.52 Å². The van der Waals surface area contributed by atoms with E-state index in [1.165, 1.54) is 12.1 Å². The zero-order chi connectivity index (χ0) is 15.1. The summed E-state index contributed by atoms with van der Waals surface area (Å²) in [6, 6.07) is 1.76. The number of carboxylic acid groups (broad SMARTS) is 1. The standard InChI is InChI=1S/C12H15F2NO4S/c1-2-3-8(11(17)18)15-10(16)9-5-4-7(19-9)6-20-12(13)14/h4-5,8,12H,2-3,6H2,1H3,(H,15,16)(H,17,18). The molecule has 8 heteroatoms. The van der Waals surface area contributed by atoms with E-state index in [9.17, 15) is 18.4 Å². The number of rotatable bonds is 8. The molecule has 0 fully saturated rings. The normalized spacial score (nSPS) is 12.4. The van der Waals surface area contributed by atoms with Gasteiger partial charge in [0.2, 0.25) is 0 Å². The number of carbonyl (C=O) groups is 2. The maximum atomic E-state index is 12.0. The summed E-state index contributed by atoms with van der Waals surface area (Å²) in [7, 11) is 0. The maximum absolute atomic E-state index is 12.0. The SMILES string of the molecule is CCCC(NC(=O)c1ccc(CSC(F)F)o1)C(=O)O. The summed E-state index contributed by atoms with van der Waals surface area (Å²) in [5.74, 6) is -4.21. The minimum Gasteiger partial charge on any atom is -0.480 e. The summed E-state index contributed by atoms with van der Waals surface area (Å²) in [6.07, 6.45) is 0.904. The smallest absolute Gasteiger partial charge is 0.326 e. The van der Waals surface area contributed by atoms with E-state index < -0.39 is 23.7 Å². The van der Waals surface area contributed by atoms with Crippen LogP contribution in [0.1, 0.15) is 36.1 Å². The summed E-state index contributed by atoms with van der Waals surface area (Å²) in [6.45, 7) is 1.80. The fourth-order valence-electron chi connectivity index (χ4n) is 1.50. The van der Waals surface area contributed by atoms with Crippen molar-refractivity contribution < 1.29 is 27.9 Å². The summed E-state index contributed by atoms with van der Waals surface area (Å²) < 4.78 is 29.1. The van der Waals surface area contributed by atoms with E-state index in [1.54, 1.807) is 6.92 Å². The fraction of sp³-hybridized carbons (Fsp3) is 0.500. The number of nitrogens with one attached hydrogen (secondary N) is 1. The molecule has 0 aliphatic heterocycles. The zero-order valence-electron chi connectivity index (χ0n) is 10.8. The Hall–Kier alpha value is -1.57. The monoisotopic (exact) mass is 307 g/mol. The van der Waals surface area contributed by atoms with Gasteiger partial charge in [-0.1, -0.05) is 25.1 Å². The summed E-state index contributed by atoms with van der Waals surface area (Å²) >= 11 is 0.383. The first-order valence-electron chi connectivity index (χ1n) is 5.96. The van der Waals surface area contributed by atoms with Crippen molar-refractivity contribution in [2.75, 3.05) is 0 Å². The molecule has 1 amide bonds. The van der Waals surface area contributed by atoms with Gasteiger partial charge in [-0.3, -0.25) is 4.79 Å². The van der Waals surface area contributed by atoms with Crippen LogP contribution in [0.15, 0.2) is 16.5 Å². The van der Waals surface area contributed by atoms with Crippen molar-refractivity contribution >= 4 is 23.6 Å². The second-order valence-electron chi connectivity index (χ2n) is 3.99. The van der Waals surface area contributed by atoms with Crippen molar-refractivity contribution in [2.45, 2.75) is 37.3 Å². The van der Waals surface area contributed by atoms with Gasteiger partial charge in [-0.15, -0.1) is 0 Å². The molecular formula is C12H15F2NO4S. The van der Waals surface area contributed by atoms with Crippen LogP contribution in [0.4, 0.5) is 8.78 Å². The van der Waals surface area contributed by atoms with Crippen LogP contribution >= 0.6 is 11.8 Å². The average Bonchev–Trinajstić information content (AvgIpc) is 2.84. The fourth-order valence-corrected chi connectivity index (χ4v) is 1.94. The van der Waals surface area contributed by atoms with E-state index in [-0.39, 0.29) is 17.3 Å². The molecule has 1 atom stereocenters. The second-order valence-corrected chi connectivity index (χ2v) is 4.97. The summed E-state index contributed by atoms with van der Waals surface area (Å²) in [4.78, 5) is 22.7. The van der Waals surface area contributed by atoms with Gasteiger partial charge in [0.05, 0.1) is 5.75 Å². The highest BCUT2D eigenvalue weighted by Crippen LogP contribution is 2.21. The third-order valence-corrected chi connectivity index (χ3v) is 3.12. The number of aliphatic carboxylic acids is 1. The molecule has 112 valence electrons. The van der Waals surface area contributed by atoms with Crippen LogP contribution in [0, 0.1) is 0 Å². The quantitative estimate of drug-likeness (QED) is 0.772. The molecule has 0 saturated heterocycles. The molecule has 1 aromatic heterocycles. The minimum atomic E-state index is -2.52. The number of hydrogen-bond donors (Lipinski definition) is 2. The molecule has 0 aliphatic rings. The van der Waals surface area contributed by atoms with Crippen molar-refractivity contribution in [3.63, 3.8) is 0 Å². The number of carboxylic acids is 1. The third-order valence-electron chi connectivity index (χ3n) is 2.42. The third kappa shape index (κ3) is 5.20. The predicted molar refractivity (Wildman–Crippen MR) is 69.8 cm³/mol. The lowest BCUT2D eigenvalue weighted by Gasteiger charge is -2.12. The average molecular weight is 307 g/mol. The van der Waals surface area contributed by atoms with E-state index in [0.717, 1.165) is 0 Å². The van der Waals surface area contributed by atoms with Gasteiger partial charge in [0.25, 0.3) is 11.7 Å². The highest BCUT2D eigenvalue weighted by atomic mass is 32.2. The van der Waals surface area contributed by atoms with Crippen LogP contribution in [0.25, 0.3) is 0 Å². The number of halogens is 2. The first kappa shape index (κ1) is 16.5. The van der Waals surface area contributed by atoms with Gasteiger partial charge >= 0.3 is 5.97 Å². The van der Waals surface area contributed by atoms with Crippen LogP contribution < -0.4 is 5.32 Å². The molecule has 2 N–H and O–H groups in total. The zero-order valence-corrected chi connectivity index (χ0v) is 11.6. The molecule has 0 bridgehead atoms. The van der Waals surface area contributed by atoms with Crippen LogP contribution in [0.5, 0.6) is 0 Å². The number of hydrogen-bond acceptors (Lipinski definition) is 4. The molecule has 20 heavy (non-hydrogen) atoms. The van der Waals surface area contributed by atoms with Crippen LogP contribution in [0.3, 0.4) is 0 Å². The molecule has 0 radical (unpaired) electrons. The number of thioether (sulfide) groups is 1. The number of furan rings is 1. The predicted octanol–water partition coefficient (Wildman–Crippen LogP) is 2.72. The van der Waals surface area contributed by atoms with Gasteiger partial charge < -0.3 is 14.8 Å². The first-order valence-corrected chi connectivity index (χ1v) is 7.01. The van der Waals surface area contributed by atoms with Gasteiger partial charge in [-0.2, -0.15) is 8.78 Å². The Kier molecular flexibility index (Phi) is 6.50. The molecule has 0 aromatic carbocycles. The van der Waals surface area contributed by atoms with Gasteiger partial charge in [0.1, 0.15) is 11.8 Å². The molecule has 1 rings (SSSR count). The Morgan fingerprint density at radius 2 is 2.15 bits per heavy atom. The van der Waals surface area contributed by atoms with E-state index in [0.29, 0.717) is 24.6 Å². The molecule has 0 spiro atoms. The molecule has 1 heterocycles. The topological polar surface area (TPSA) is 79.5 Å². The lowest BCUT2D eigenvalue weighted by atomic mass is 10.1. The molecule has 0 saturated carbocycles. The van der Waals surface area contributed by atoms with E-state index in [2.05, 4.69) is 5.32 Å². The van der Waals surface area contributed by atoms with Crippen molar-refractivity contribution in [1.82, 2.24) is 5.32 Å².